The number of hydrogen-bond acceptors (Lipinski definition) is 3. The van der Waals surface area contributed by atoms with Crippen LogP contribution in [0.4, 0.5) is 4.39 Å². The topological polar surface area (TPSA) is 25.8 Å². The highest BCUT2D eigenvalue weighted by Crippen LogP contribution is 2.29. The molecular weight excluding hydrogens is 223 g/mol. The van der Waals surface area contributed by atoms with E-state index in [1.54, 1.807) is 0 Å². The molecule has 4 heteroatoms. The zero-order valence-electron chi connectivity index (χ0n) is 9.07. The fourth-order valence-electron chi connectivity index (χ4n) is 1.30. The summed E-state index contributed by atoms with van der Waals surface area (Å²) in [5, 5.41) is 0.626. The van der Waals surface area contributed by atoms with Gasteiger partial charge in [0.2, 0.25) is 5.95 Å². The number of aryl methyl sites for hydroxylation is 2. The van der Waals surface area contributed by atoms with Gasteiger partial charge in [0.25, 0.3) is 0 Å². The molecule has 0 aliphatic rings. The minimum absolute atomic E-state index is 0.497. The summed E-state index contributed by atoms with van der Waals surface area (Å²) in [4.78, 5) is 8.54. The van der Waals surface area contributed by atoms with Gasteiger partial charge in [-0.05, 0) is 31.0 Å². The number of aromatic nitrogens is 2. The van der Waals surface area contributed by atoms with E-state index in [0.717, 1.165) is 10.5 Å². The molecule has 1 heterocycles. The first kappa shape index (κ1) is 11.1. The Balaban J connectivity index is 2.30. The summed E-state index contributed by atoms with van der Waals surface area (Å²) < 4.78 is 12.9. The number of benzene rings is 1. The fraction of sp³-hybridized carbons (Fsp3) is 0.167. The molecule has 2 aromatic rings. The van der Waals surface area contributed by atoms with Gasteiger partial charge in [-0.25, -0.2) is 9.97 Å². The molecule has 16 heavy (non-hydrogen) atoms. The molecule has 1 aromatic carbocycles. The Bertz CT molecular complexity index is 514. The summed E-state index contributed by atoms with van der Waals surface area (Å²) in [6.07, 6.45) is 1.24. The Labute approximate surface area is 97.9 Å². The molecule has 0 saturated carbocycles. The molecule has 0 atom stereocenters. The SMILES string of the molecule is Cc1ccc(C)c(Sc2cc(F)ncn2)c1. The molecule has 0 radical (unpaired) electrons. The molecule has 0 bridgehead atoms. The molecule has 0 spiro atoms. The average Bonchev–Trinajstić information content (AvgIpc) is 2.24. The highest BCUT2D eigenvalue weighted by atomic mass is 32.2. The molecule has 2 rings (SSSR count). The molecule has 82 valence electrons. The zero-order valence-corrected chi connectivity index (χ0v) is 9.88. The van der Waals surface area contributed by atoms with E-state index in [1.165, 1.54) is 29.7 Å². The van der Waals surface area contributed by atoms with Crippen LogP contribution in [0.2, 0.25) is 0 Å². The third-order valence-corrected chi connectivity index (χ3v) is 3.26. The van der Waals surface area contributed by atoms with Crippen molar-refractivity contribution in [2.24, 2.45) is 0 Å². The Hall–Kier alpha value is -1.42. The summed E-state index contributed by atoms with van der Waals surface area (Å²) >= 11 is 1.45. The van der Waals surface area contributed by atoms with Crippen LogP contribution in [0.25, 0.3) is 0 Å². The number of nitrogens with zero attached hydrogens (tertiary/aromatic N) is 2. The van der Waals surface area contributed by atoms with E-state index in [-0.39, 0.29) is 0 Å². The van der Waals surface area contributed by atoms with Gasteiger partial charge in [0.1, 0.15) is 11.4 Å². The Kier molecular flexibility index (Phi) is 3.19. The van der Waals surface area contributed by atoms with Crippen molar-refractivity contribution in [1.29, 1.82) is 0 Å². The van der Waals surface area contributed by atoms with Gasteiger partial charge in [0.15, 0.2) is 0 Å². The molecular formula is C12H11FN2S. The standard InChI is InChI=1S/C12H11FN2S/c1-8-3-4-9(2)10(5-8)16-12-6-11(13)14-7-15-12/h3-7H,1-2H3. The van der Waals surface area contributed by atoms with E-state index in [1.807, 2.05) is 13.8 Å². The van der Waals surface area contributed by atoms with Crippen molar-refractivity contribution in [3.63, 3.8) is 0 Å². The second-order valence-corrected chi connectivity index (χ2v) is 4.61. The highest BCUT2D eigenvalue weighted by Gasteiger charge is 2.04. The third kappa shape index (κ3) is 2.58. The van der Waals surface area contributed by atoms with Crippen molar-refractivity contribution in [3.8, 4) is 0 Å². The van der Waals surface area contributed by atoms with Gasteiger partial charge in [-0.2, -0.15) is 4.39 Å². The van der Waals surface area contributed by atoms with Gasteiger partial charge in [-0.15, -0.1) is 0 Å². The maximum atomic E-state index is 12.9. The van der Waals surface area contributed by atoms with Gasteiger partial charge in [-0.1, -0.05) is 23.9 Å². The van der Waals surface area contributed by atoms with Crippen LogP contribution < -0.4 is 0 Å². The second kappa shape index (κ2) is 4.61. The van der Waals surface area contributed by atoms with Crippen LogP contribution in [0.15, 0.2) is 40.5 Å². The summed E-state index contributed by atoms with van der Waals surface area (Å²) in [5.41, 5.74) is 2.34. The van der Waals surface area contributed by atoms with E-state index in [4.69, 9.17) is 0 Å². The molecule has 2 nitrogen and oxygen atoms in total. The third-order valence-electron chi connectivity index (χ3n) is 2.17. The van der Waals surface area contributed by atoms with Crippen LogP contribution in [-0.4, -0.2) is 9.97 Å². The van der Waals surface area contributed by atoms with Gasteiger partial charge in [0.05, 0.1) is 0 Å². The van der Waals surface area contributed by atoms with Crippen molar-refractivity contribution in [1.82, 2.24) is 9.97 Å². The lowest BCUT2D eigenvalue weighted by atomic mass is 10.2. The predicted octanol–water partition coefficient (Wildman–Crippen LogP) is 3.38. The monoisotopic (exact) mass is 234 g/mol. The van der Waals surface area contributed by atoms with E-state index < -0.39 is 5.95 Å². The predicted molar refractivity (Wildman–Crippen MR) is 62.0 cm³/mol. The van der Waals surface area contributed by atoms with Crippen LogP contribution in [0.1, 0.15) is 11.1 Å². The van der Waals surface area contributed by atoms with Crippen molar-refractivity contribution in [2.75, 3.05) is 0 Å². The van der Waals surface area contributed by atoms with E-state index in [9.17, 15) is 4.39 Å². The lowest BCUT2D eigenvalue weighted by Crippen LogP contribution is -1.88. The normalized spacial score (nSPS) is 10.4. The van der Waals surface area contributed by atoms with Crippen molar-refractivity contribution < 1.29 is 4.39 Å². The number of rotatable bonds is 2. The lowest BCUT2D eigenvalue weighted by Gasteiger charge is -2.05. The quantitative estimate of drug-likeness (QED) is 0.745. The summed E-state index contributed by atoms with van der Waals surface area (Å²) in [6.45, 7) is 4.06. The van der Waals surface area contributed by atoms with E-state index >= 15 is 0 Å². The maximum Gasteiger partial charge on any atom is 0.217 e. The molecule has 0 amide bonds. The van der Waals surface area contributed by atoms with Crippen molar-refractivity contribution in [2.45, 2.75) is 23.8 Å². The fourth-order valence-corrected chi connectivity index (χ4v) is 2.26. The summed E-state index contributed by atoms with van der Waals surface area (Å²) in [5.74, 6) is -0.497. The summed E-state index contributed by atoms with van der Waals surface area (Å²) in [6, 6.07) is 7.52. The van der Waals surface area contributed by atoms with Crippen molar-refractivity contribution in [3.05, 3.63) is 47.7 Å². The largest absolute Gasteiger partial charge is 0.229 e. The van der Waals surface area contributed by atoms with Crippen LogP contribution in [-0.2, 0) is 0 Å². The first-order valence-corrected chi connectivity index (χ1v) is 5.69. The van der Waals surface area contributed by atoms with Crippen LogP contribution in [0.5, 0.6) is 0 Å². The van der Waals surface area contributed by atoms with E-state index in [0.29, 0.717) is 5.03 Å². The first-order chi connectivity index (χ1) is 7.65. The average molecular weight is 234 g/mol. The van der Waals surface area contributed by atoms with Gasteiger partial charge < -0.3 is 0 Å². The van der Waals surface area contributed by atoms with Crippen molar-refractivity contribution >= 4 is 11.8 Å². The van der Waals surface area contributed by atoms with Crippen LogP contribution >= 0.6 is 11.8 Å². The van der Waals surface area contributed by atoms with Crippen LogP contribution in [0, 0.1) is 19.8 Å². The highest BCUT2D eigenvalue weighted by molar-refractivity contribution is 7.99. The molecule has 0 fully saturated rings. The Morgan fingerprint density at radius 1 is 1.12 bits per heavy atom. The molecule has 1 aromatic heterocycles. The molecule has 0 N–H and O–H groups in total. The Morgan fingerprint density at radius 3 is 2.69 bits per heavy atom. The molecule has 0 aliphatic carbocycles. The molecule has 0 unspecified atom stereocenters. The van der Waals surface area contributed by atoms with Gasteiger partial charge in [-0.3, -0.25) is 0 Å². The van der Waals surface area contributed by atoms with E-state index in [2.05, 4.69) is 28.2 Å². The number of halogens is 1. The first-order valence-electron chi connectivity index (χ1n) is 4.88. The minimum Gasteiger partial charge on any atom is -0.229 e. The van der Waals surface area contributed by atoms with Crippen LogP contribution in [0.3, 0.4) is 0 Å². The smallest absolute Gasteiger partial charge is 0.217 e. The van der Waals surface area contributed by atoms with Gasteiger partial charge >= 0.3 is 0 Å². The lowest BCUT2D eigenvalue weighted by molar-refractivity contribution is 0.572. The number of hydrogen-bond donors (Lipinski definition) is 0. The maximum absolute atomic E-state index is 12.9. The van der Waals surface area contributed by atoms with Gasteiger partial charge in [0, 0.05) is 11.0 Å². The second-order valence-electron chi connectivity index (χ2n) is 3.55. The molecule has 0 aliphatic heterocycles. The Morgan fingerprint density at radius 2 is 1.94 bits per heavy atom. The summed E-state index contributed by atoms with van der Waals surface area (Å²) in [7, 11) is 0. The minimum atomic E-state index is -0.497. The molecule has 0 saturated heterocycles. The zero-order chi connectivity index (χ0) is 11.5.